The molecule has 2 N–H and O–H groups in total. The van der Waals surface area contributed by atoms with Crippen molar-refractivity contribution in [3.05, 3.63) is 57.8 Å². The summed E-state index contributed by atoms with van der Waals surface area (Å²) in [7, 11) is 0. The number of amides is 2. The summed E-state index contributed by atoms with van der Waals surface area (Å²) in [6.07, 6.45) is 0. The van der Waals surface area contributed by atoms with E-state index in [1.165, 1.54) is 6.07 Å². The van der Waals surface area contributed by atoms with Crippen LogP contribution in [0.15, 0.2) is 40.9 Å². The number of hydrogen-bond donors (Lipinski definition) is 2. The van der Waals surface area contributed by atoms with Gasteiger partial charge in [0.05, 0.1) is 19.8 Å². The van der Waals surface area contributed by atoms with Gasteiger partial charge in [-0.05, 0) is 50.2 Å². The van der Waals surface area contributed by atoms with Gasteiger partial charge in [0.15, 0.2) is 11.5 Å². The average molecular weight is 453 g/mol. The largest absolute Gasteiger partial charge is 0.490 e. The van der Waals surface area contributed by atoms with Crippen LogP contribution in [-0.2, 0) is 11.3 Å². The molecule has 2 aromatic rings. The number of carbonyl (C=O) groups excluding carboxylic acids is 2. The van der Waals surface area contributed by atoms with Crippen molar-refractivity contribution in [3.8, 4) is 11.5 Å². The number of hydrogen-bond acceptors (Lipinski definition) is 4. The van der Waals surface area contributed by atoms with Crippen LogP contribution >= 0.6 is 15.9 Å². The highest BCUT2D eigenvalue weighted by molar-refractivity contribution is 9.10. The molecule has 8 heteroatoms. The highest BCUT2D eigenvalue weighted by Gasteiger charge is 2.13. The molecule has 28 heavy (non-hydrogen) atoms. The monoisotopic (exact) mass is 452 g/mol. The minimum Gasteiger partial charge on any atom is -0.490 e. The maximum Gasteiger partial charge on any atom is 0.251 e. The van der Waals surface area contributed by atoms with Crippen molar-refractivity contribution in [2.45, 2.75) is 20.4 Å². The molecule has 2 aromatic carbocycles. The number of ether oxygens (including phenoxy) is 2. The topological polar surface area (TPSA) is 76.7 Å². The Kier molecular flexibility index (Phi) is 8.25. The van der Waals surface area contributed by atoms with Crippen molar-refractivity contribution >= 4 is 27.7 Å². The first kappa shape index (κ1) is 21.7. The molecular formula is C20H22BrFN2O4. The molecule has 0 aliphatic heterocycles. The van der Waals surface area contributed by atoms with Gasteiger partial charge in [0.1, 0.15) is 5.82 Å². The quantitative estimate of drug-likeness (QED) is 0.610. The Bertz CT molecular complexity index is 845. The third-order valence-corrected chi connectivity index (χ3v) is 4.19. The van der Waals surface area contributed by atoms with Crippen LogP contribution in [0.3, 0.4) is 0 Å². The van der Waals surface area contributed by atoms with Gasteiger partial charge in [-0.25, -0.2) is 4.39 Å². The molecule has 0 heterocycles. The minimum absolute atomic E-state index is 0.0253. The van der Waals surface area contributed by atoms with Crippen molar-refractivity contribution in [1.82, 2.24) is 10.6 Å². The van der Waals surface area contributed by atoms with E-state index < -0.39 is 17.6 Å². The van der Waals surface area contributed by atoms with Crippen molar-refractivity contribution in [3.63, 3.8) is 0 Å². The third kappa shape index (κ3) is 6.23. The normalized spacial score (nSPS) is 10.3. The minimum atomic E-state index is -0.427. The van der Waals surface area contributed by atoms with E-state index in [9.17, 15) is 14.0 Å². The maximum atomic E-state index is 13.7. The summed E-state index contributed by atoms with van der Waals surface area (Å²) in [4.78, 5) is 24.2. The smallest absolute Gasteiger partial charge is 0.251 e. The molecule has 0 bridgehead atoms. The van der Waals surface area contributed by atoms with Gasteiger partial charge in [-0.3, -0.25) is 9.59 Å². The second-order valence-corrected chi connectivity index (χ2v) is 6.64. The molecule has 0 unspecified atom stereocenters. The zero-order chi connectivity index (χ0) is 20.5. The highest BCUT2D eigenvalue weighted by Crippen LogP contribution is 2.28. The van der Waals surface area contributed by atoms with E-state index in [4.69, 9.17) is 9.47 Å². The Labute approximate surface area is 171 Å². The molecule has 0 aromatic heterocycles. The fourth-order valence-corrected chi connectivity index (χ4v) is 2.80. The summed E-state index contributed by atoms with van der Waals surface area (Å²) in [5.74, 6) is -0.247. The second kappa shape index (κ2) is 10.7. The van der Waals surface area contributed by atoms with Crippen LogP contribution in [0.2, 0.25) is 0 Å². The van der Waals surface area contributed by atoms with Gasteiger partial charge in [-0.15, -0.1) is 0 Å². The molecule has 0 spiro atoms. The molecule has 2 rings (SSSR count). The highest BCUT2D eigenvalue weighted by atomic mass is 79.9. The average Bonchev–Trinajstić information content (AvgIpc) is 2.68. The predicted octanol–water partition coefficient (Wildman–Crippen LogP) is 3.43. The standard InChI is InChI=1S/C20H22BrFN2O4/c1-3-27-17-8-5-13(10-18(17)28-4-2)20(26)24-12-19(25)23-11-14-9-15(21)6-7-16(14)22/h5-10H,3-4,11-12H2,1-2H3,(H,23,25)(H,24,26). The van der Waals surface area contributed by atoms with Crippen molar-refractivity contribution < 1.29 is 23.5 Å². The van der Waals surface area contributed by atoms with Crippen molar-refractivity contribution in [1.29, 1.82) is 0 Å². The van der Waals surface area contributed by atoms with E-state index in [0.29, 0.717) is 40.3 Å². The lowest BCUT2D eigenvalue weighted by Crippen LogP contribution is -2.36. The zero-order valence-electron chi connectivity index (χ0n) is 15.7. The lowest BCUT2D eigenvalue weighted by Gasteiger charge is -2.12. The Hall–Kier alpha value is -2.61. The predicted molar refractivity (Wildman–Crippen MR) is 107 cm³/mol. The second-order valence-electron chi connectivity index (χ2n) is 5.72. The summed E-state index contributed by atoms with van der Waals surface area (Å²) in [5.41, 5.74) is 0.694. The van der Waals surface area contributed by atoms with Crippen molar-refractivity contribution in [2.24, 2.45) is 0 Å². The van der Waals surface area contributed by atoms with E-state index in [1.807, 2.05) is 13.8 Å². The molecule has 0 radical (unpaired) electrons. The number of nitrogens with one attached hydrogen (secondary N) is 2. The molecule has 0 saturated heterocycles. The Balaban J connectivity index is 1.91. The number of benzene rings is 2. The lowest BCUT2D eigenvalue weighted by molar-refractivity contribution is -0.120. The van der Waals surface area contributed by atoms with Crippen LogP contribution in [0.4, 0.5) is 4.39 Å². The van der Waals surface area contributed by atoms with Gasteiger partial charge in [0, 0.05) is 22.1 Å². The number of rotatable bonds is 9. The van der Waals surface area contributed by atoms with Gasteiger partial charge >= 0.3 is 0 Å². The van der Waals surface area contributed by atoms with Crippen LogP contribution in [-0.4, -0.2) is 31.6 Å². The molecule has 0 aliphatic rings. The van der Waals surface area contributed by atoms with E-state index in [-0.39, 0.29) is 13.1 Å². The molecule has 0 atom stereocenters. The van der Waals surface area contributed by atoms with Gasteiger partial charge in [0.25, 0.3) is 5.91 Å². The van der Waals surface area contributed by atoms with Gasteiger partial charge in [-0.1, -0.05) is 15.9 Å². The molecule has 0 saturated carbocycles. The van der Waals surface area contributed by atoms with E-state index in [2.05, 4.69) is 26.6 Å². The zero-order valence-corrected chi connectivity index (χ0v) is 17.3. The van der Waals surface area contributed by atoms with Crippen LogP contribution in [0.25, 0.3) is 0 Å². The van der Waals surface area contributed by atoms with Crippen LogP contribution in [0.5, 0.6) is 11.5 Å². The van der Waals surface area contributed by atoms with Gasteiger partial charge < -0.3 is 20.1 Å². The SMILES string of the molecule is CCOc1ccc(C(=O)NCC(=O)NCc2cc(Br)ccc2F)cc1OCC. The lowest BCUT2D eigenvalue weighted by atomic mass is 10.2. The first-order chi connectivity index (χ1) is 13.4. The van der Waals surface area contributed by atoms with E-state index >= 15 is 0 Å². The molecule has 0 aliphatic carbocycles. The molecule has 2 amide bonds. The van der Waals surface area contributed by atoms with E-state index in [0.717, 1.165) is 0 Å². The maximum absolute atomic E-state index is 13.7. The van der Waals surface area contributed by atoms with Crippen LogP contribution < -0.4 is 20.1 Å². The number of carbonyl (C=O) groups is 2. The first-order valence-corrected chi connectivity index (χ1v) is 9.62. The first-order valence-electron chi connectivity index (χ1n) is 8.83. The van der Waals surface area contributed by atoms with Crippen molar-refractivity contribution in [2.75, 3.05) is 19.8 Å². The summed E-state index contributed by atoms with van der Waals surface area (Å²) in [6, 6.07) is 9.29. The van der Waals surface area contributed by atoms with Gasteiger partial charge in [0.2, 0.25) is 5.91 Å². The number of halogens is 2. The molecule has 0 fully saturated rings. The molecule has 6 nitrogen and oxygen atoms in total. The van der Waals surface area contributed by atoms with Crippen LogP contribution in [0.1, 0.15) is 29.8 Å². The van der Waals surface area contributed by atoms with Gasteiger partial charge in [-0.2, -0.15) is 0 Å². The fourth-order valence-electron chi connectivity index (χ4n) is 2.39. The summed E-state index contributed by atoms with van der Waals surface area (Å²) >= 11 is 3.26. The Morgan fingerprint density at radius 2 is 1.71 bits per heavy atom. The summed E-state index contributed by atoms with van der Waals surface area (Å²) in [6.45, 7) is 4.39. The summed E-state index contributed by atoms with van der Waals surface area (Å²) in [5, 5.41) is 5.10. The fraction of sp³-hybridized carbons (Fsp3) is 0.300. The van der Waals surface area contributed by atoms with E-state index in [1.54, 1.807) is 30.3 Å². The summed E-state index contributed by atoms with van der Waals surface area (Å²) < 4.78 is 25.3. The molecule has 150 valence electrons. The Morgan fingerprint density at radius 3 is 2.43 bits per heavy atom. The van der Waals surface area contributed by atoms with Crippen LogP contribution in [0, 0.1) is 5.82 Å². The third-order valence-electron chi connectivity index (χ3n) is 3.70. The Morgan fingerprint density at radius 1 is 1.00 bits per heavy atom. The molecular weight excluding hydrogens is 431 g/mol.